The van der Waals surface area contributed by atoms with E-state index >= 15 is 0 Å². The zero-order chi connectivity index (χ0) is 13.7. The van der Waals surface area contributed by atoms with E-state index in [1.165, 1.54) is 5.56 Å². The van der Waals surface area contributed by atoms with E-state index in [-0.39, 0.29) is 6.04 Å². The molecule has 0 unspecified atom stereocenters. The Bertz CT molecular complexity index is 525. The number of ether oxygens (including phenoxy) is 1. The van der Waals surface area contributed by atoms with Gasteiger partial charge in [-0.15, -0.1) is 0 Å². The largest absolute Gasteiger partial charge is 0.496 e. The summed E-state index contributed by atoms with van der Waals surface area (Å²) < 4.78 is 5.34. The number of para-hydroxylation sites is 1. The van der Waals surface area contributed by atoms with Crippen molar-refractivity contribution in [1.82, 2.24) is 5.32 Å². The molecule has 100 valence electrons. The average Bonchev–Trinajstić information content (AvgIpc) is 2.45. The molecule has 0 saturated carbocycles. The maximum Gasteiger partial charge on any atom is 0.123 e. The molecule has 0 fully saturated rings. The number of hydrogen-bond acceptors (Lipinski definition) is 2. The average molecular weight is 276 g/mol. The highest BCUT2D eigenvalue weighted by molar-refractivity contribution is 6.30. The Morgan fingerprint density at radius 1 is 1.11 bits per heavy atom. The van der Waals surface area contributed by atoms with Gasteiger partial charge < -0.3 is 10.1 Å². The van der Waals surface area contributed by atoms with E-state index in [0.717, 1.165) is 22.9 Å². The number of nitrogens with one attached hydrogen (secondary N) is 1. The molecule has 0 amide bonds. The molecule has 0 radical (unpaired) electrons. The van der Waals surface area contributed by atoms with Crippen LogP contribution in [0, 0.1) is 0 Å². The topological polar surface area (TPSA) is 21.3 Å². The highest BCUT2D eigenvalue weighted by Crippen LogP contribution is 2.20. The summed E-state index contributed by atoms with van der Waals surface area (Å²) in [4.78, 5) is 0. The van der Waals surface area contributed by atoms with Crippen molar-refractivity contribution in [3.63, 3.8) is 0 Å². The standard InChI is InChI=1S/C16H18ClNO/c1-12(13-7-9-15(17)10-8-13)18-11-14-5-3-4-6-16(14)19-2/h3-10,12,18H,11H2,1-2H3/t12-/m0/s1. The second-order valence-electron chi connectivity index (χ2n) is 4.47. The predicted molar refractivity (Wildman–Crippen MR) is 79.7 cm³/mol. The van der Waals surface area contributed by atoms with E-state index in [9.17, 15) is 0 Å². The SMILES string of the molecule is COc1ccccc1CN[C@@H](C)c1ccc(Cl)cc1. The van der Waals surface area contributed by atoms with Gasteiger partial charge in [-0.25, -0.2) is 0 Å². The number of hydrogen-bond donors (Lipinski definition) is 1. The quantitative estimate of drug-likeness (QED) is 0.883. The Kier molecular flexibility index (Phi) is 4.83. The van der Waals surface area contributed by atoms with Gasteiger partial charge in [0.2, 0.25) is 0 Å². The van der Waals surface area contributed by atoms with E-state index in [4.69, 9.17) is 16.3 Å². The molecule has 2 rings (SSSR count). The molecule has 2 aromatic carbocycles. The van der Waals surface area contributed by atoms with Crippen LogP contribution in [0.4, 0.5) is 0 Å². The van der Waals surface area contributed by atoms with Crippen LogP contribution in [0.1, 0.15) is 24.1 Å². The predicted octanol–water partition coefficient (Wildman–Crippen LogP) is 4.20. The van der Waals surface area contributed by atoms with Crippen LogP contribution in [0.2, 0.25) is 5.02 Å². The van der Waals surface area contributed by atoms with E-state index in [1.807, 2.05) is 42.5 Å². The lowest BCUT2D eigenvalue weighted by Crippen LogP contribution is -2.18. The molecule has 2 aromatic rings. The Labute approximate surface area is 119 Å². The van der Waals surface area contributed by atoms with Gasteiger partial charge in [-0.1, -0.05) is 41.9 Å². The van der Waals surface area contributed by atoms with Crippen molar-refractivity contribution in [2.75, 3.05) is 7.11 Å². The number of halogens is 1. The van der Waals surface area contributed by atoms with Crippen LogP contribution in [-0.4, -0.2) is 7.11 Å². The second-order valence-corrected chi connectivity index (χ2v) is 4.90. The van der Waals surface area contributed by atoms with Crippen LogP contribution in [0.5, 0.6) is 5.75 Å². The van der Waals surface area contributed by atoms with E-state index in [1.54, 1.807) is 7.11 Å². The number of methoxy groups -OCH3 is 1. The summed E-state index contributed by atoms with van der Waals surface area (Å²) in [7, 11) is 1.70. The van der Waals surface area contributed by atoms with Crippen molar-refractivity contribution in [2.24, 2.45) is 0 Å². The minimum Gasteiger partial charge on any atom is -0.496 e. The molecule has 0 aliphatic rings. The molecule has 0 heterocycles. The zero-order valence-corrected chi connectivity index (χ0v) is 11.9. The molecule has 1 N–H and O–H groups in total. The zero-order valence-electron chi connectivity index (χ0n) is 11.2. The highest BCUT2D eigenvalue weighted by Gasteiger charge is 2.06. The van der Waals surface area contributed by atoms with Crippen LogP contribution >= 0.6 is 11.6 Å². The lowest BCUT2D eigenvalue weighted by molar-refractivity contribution is 0.406. The van der Waals surface area contributed by atoms with Crippen molar-refractivity contribution < 1.29 is 4.74 Å². The van der Waals surface area contributed by atoms with Gasteiger partial charge in [-0.05, 0) is 30.7 Å². The maximum atomic E-state index is 5.89. The van der Waals surface area contributed by atoms with Gasteiger partial charge in [0, 0.05) is 23.2 Å². The minimum absolute atomic E-state index is 0.266. The normalized spacial score (nSPS) is 12.2. The van der Waals surface area contributed by atoms with Crippen molar-refractivity contribution >= 4 is 11.6 Å². The number of benzene rings is 2. The molecule has 0 aromatic heterocycles. The van der Waals surface area contributed by atoms with Gasteiger partial charge in [-0.2, -0.15) is 0 Å². The van der Waals surface area contributed by atoms with Crippen LogP contribution in [-0.2, 0) is 6.54 Å². The van der Waals surface area contributed by atoms with Gasteiger partial charge in [0.05, 0.1) is 7.11 Å². The fourth-order valence-corrected chi connectivity index (χ4v) is 2.11. The van der Waals surface area contributed by atoms with E-state index in [2.05, 4.69) is 18.3 Å². The first-order valence-electron chi connectivity index (χ1n) is 6.31. The molecule has 2 nitrogen and oxygen atoms in total. The smallest absolute Gasteiger partial charge is 0.123 e. The van der Waals surface area contributed by atoms with Crippen molar-refractivity contribution in [1.29, 1.82) is 0 Å². The van der Waals surface area contributed by atoms with Crippen molar-refractivity contribution in [3.8, 4) is 5.75 Å². The summed E-state index contributed by atoms with van der Waals surface area (Å²) in [6.45, 7) is 2.91. The fourth-order valence-electron chi connectivity index (χ4n) is 1.98. The summed E-state index contributed by atoms with van der Waals surface area (Å²) >= 11 is 5.89. The molecule has 0 spiro atoms. The summed E-state index contributed by atoms with van der Waals surface area (Å²) in [5.41, 5.74) is 2.38. The third-order valence-electron chi connectivity index (χ3n) is 3.16. The van der Waals surface area contributed by atoms with Crippen LogP contribution in [0.15, 0.2) is 48.5 Å². The van der Waals surface area contributed by atoms with Gasteiger partial charge >= 0.3 is 0 Å². The highest BCUT2D eigenvalue weighted by atomic mass is 35.5. The molecule has 0 bridgehead atoms. The summed E-state index contributed by atoms with van der Waals surface area (Å²) in [5, 5.41) is 4.25. The molecular weight excluding hydrogens is 258 g/mol. The second kappa shape index (κ2) is 6.60. The molecular formula is C16H18ClNO. The van der Waals surface area contributed by atoms with Crippen LogP contribution in [0.25, 0.3) is 0 Å². The van der Waals surface area contributed by atoms with Gasteiger partial charge in [-0.3, -0.25) is 0 Å². The third kappa shape index (κ3) is 3.72. The summed E-state index contributed by atoms with van der Waals surface area (Å²) in [5.74, 6) is 0.915. The van der Waals surface area contributed by atoms with Gasteiger partial charge in [0.1, 0.15) is 5.75 Å². The van der Waals surface area contributed by atoms with E-state index in [0.29, 0.717) is 0 Å². The molecule has 0 saturated heterocycles. The minimum atomic E-state index is 0.266. The van der Waals surface area contributed by atoms with Crippen LogP contribution in [0.3, 0.4) is 0 Å². The molecule has 3 heteroatoms. The lowest BCUT2D eigenvalue weighted by Gasteiger charge is -2.15. The first-order valence-corrected chi connectivity index (χ1v) is 6.69. The molecule has 0 aliphatic heterocycles. The van der Waals surface area contributed by atoms with Crippen molar-refractivity contribution in [3.05, 3.63) is 64.7 Å². The lowest BCUT2D eigenvalue weighted by atomic mass is 10.1. The fraction of sp³-hybridized carbons (Fsp3) is 0.250. The first-order chi connectivity index (χ1) is 9.20. The van der Waals surface area contributed by atoms with Gasteiger partial charge in [0.15, 0.2) is 0 Å². The van der Waals surface area contributed by atoms with E-state index < -0.39 is 0 Å². The van der Waals surface area contributed by atoms with Crippen LogP contribution < -0.4 is 10.1 Å². The Hall–Kier alpha value is -1.51. The Morgan fingerprint density at radius 2 is 1.79 bits per heavy atom. The summed E-state index contributed by atoms with van der Waals surface area (Å²) in [6.07, 6.45) is 0. The van der Waals surface area contributed by atoms with Crippen molar-refractivity contribution in [2.45, 2.75) is 19.5 Å². The molecule has 0 aliphatic carbocycles. The Morgan fingerprint density at radius 3 is 2.47 bits per heavy atom. The third-order valence-corrected chi connectivity index (χ3v) is 3.41. The number of rotatable bonds is 5. The molecule has 19 heavy (non-hydrogen) atoms. The van der Waals surface area contributed by atoms with Gasteiger partial charge in [0.25, 0.3) is 0 Å². The molecule has 1 atom stereocenters. The first kappa shape index (κ1) is 13.9. The maximum absolute atomic E-state index is 5.89. The monoisotopic (exact) mass is 275 g/mol. The summed E-state index contributed by atoms with van der Waals surface area (Å²) in [6, 6.07) is 16.2. The Balaban J connectivity index is 2.00.